The molecule has 3 rings (SSSR count). The van der Waals surface area contributed by atoms with E-state index in [0.717, 1.165) is 29.8 Å². The fourth-order valence-electron chi connectivity index (χ4n) is 2.37. The zero-order valence-corrected chi connectivity index (χ0v) is 12.6. The van der Waals surface area contributed by atoms with Crippen molar-refractivity contribution in [1.29, 1.82) is 0 Å². The average Bonchev–Trinajstić information content (AvgIpc) is 3.00. The summed E-state index contributed by atoms with van der Waals surface area (Å²) in [5.41, 5.74) is 3.02. The third-order valence-electron chi connectivity index (χ3n) is 3.30. The van der Waals surface area contributed by atoms with Crippen LogP contribution in [0.4, 0.5) is 0 Å². The summed E-state index contributed by atoms with van der Waals surface area (Å²) in [7, 11) is 1.91. The van der Waals surface area contributed by atoms with Gasteiger partial charge in [-0.2, -0.15) is 5.10 Å². The van der Waals surface area contributed by atoms with Crippen LogP contribution in [0.25, 0.3) is 11.0 Å². The van der Waals surface area contributed by atoms with Crippen LogP contribution < -0.4 is 0 Å². The highest BCUT2D eigenvalue weighted by Gasteiger charge is 2.12. The Morgan fingerprint density at radius 2 is 2.15 bits per heavy atom. The van der Waals surface area contributed by atoms with Crippen LogP contribution >= 0.6 is 23.2 Å². The van der Waals surface area contributed by atoms with Gasteiger partial charge in [0.25, 0.3) is 0 Å². The average molecular weight is 309 g/mol. The van der Waals surface area contributed by atoms with Gasteiger partial charge in [0.15, 0.2) is 0 Å². The molecule has 0 atom stereocenters. The molecule has 0 bridgehead atoms. The summed E-state index contributed by atoms with van der Waals surface area (Å²) < 4.78 is 3.90. The van der Waals surface area contributed by atoms with Gasteiger partial charge in [0.2, 0.25) is 0 Å². The molecule has 6 heteroatoms. The molecule has 0 N–H and O–H groups in total. The molecule has 0 spiro atoms. The Labute approximate surface area is 126 Å². The van der Waals surface area contributed by atoms with E-state index < -0.39 is 0 Å². The Balaban J connectivity index is 1.97. The largest absolute Gasteiger partial charge is 0.325 e. The van der Waals surface area contributed by atoms with Crippen molar-refractivity contribution < 1.29 is 0 Å². The van der Waals surface area contributed by atoms with Crippen LogP contribution in [-0.4, -0.2) is 19.3 Å². The maximum atomic E-state index is 6.30. The number of para-hydroxylation sites is 1. The topological polar surface area (TPSA) is 35.6 Å². The Bertz CT molecular complexity index is 745. The summed E-state index contributed by atoms with van der Waals surface area (Å²) in [6.45, 7) is 0.786. The Morgan fingerprint density at radius 3 is 2.85 bits per heavy atom. The number of imidazole rings is 1. The van der Waals surface area contributed by atoms with Crippen LogP contribution in [0, 0.1) is 0 Å². The number of alkyl halides is 1. The second kappa shape index (κ2) is 5.46. The smallest absolute Gasteiger partial charge is 0.124 e. The molecule has 1 aromatic carbocycles. The lowest BCUT2D eigenvalue weighted by Gasteiger charge is -2.07. The lowest BCUT2D eigenvalue weighted by atomic mass is 10.2. The van der Waals surface area contributed by atoms with E-state index in [4.69, 9.17) is 23.2 Å². The van der Waals surface area contributed by atoms with E-state index in [1.807, 2.05) is 37.6 Å². The van der Waals surface area contributed by atoms with Gasteiger partial charge >= 0.3 is 0 Å². The minimum Gasteiger partial charge on any atom is -0.325 e. The van der Waals surface area contributed by atoms with Crippen molar-refractivity contribution in [2.45, 2.75) is 18.8 Å². The monoisotopic (exact) mass is 308 g/mol. The molecule has 3 aromatic rings. The summed E-state index contributed by atoms with van der Waals surface area (Å²) in [4.78, 5) is 4.54. The maximum absolute atomic E-state index is 6.30. The summed E-state index contributed by atoms with van der Waals surface area (Å²) in [6, 6.07) is 5.74. The summed E-state index contributed by atoms with van der Waals surface area (Å²) in [5, 5.41) is 4.88. The van der Waals surface area contributed by atoms with Crippen LogP contribution in [0.15, 0.2) is 30.6 Å². The van der Waals surface area contributed by atoms with Crippen molar-refractivity contribution in [1.82, 2.24) is 19.3 Å². The van der Waals surface area contributed by atoms with Crippen molar-refractivity contribution in [3.05, 3.63) is 47.0 Å². The number of aromatic nitrogens is 4. The molecule has 0 aliphatic carbocycles. The minimum absolute atomic E-state index is 0.373. The zero-order chi connectivity index (χ0) is 14.1. The van der Waals surface area contributed by atoms with E-state index in [-0.39, 0.29) is 0 Å². The molecule has 2 heterocycles. The molecule has 0 aliphatic heterocycles. The first-order chi connectivity index (χ1) is 9.69. The third-order valence-corrected chi connectivity index (χ3v) is 3.84. The van der Waals surface area contributed by atoms with E-state index in [0.29, 0.717) is 10.9 Å². The van der Waals surface area contributed by atoms with Crippen LogP contribution in [0.1, 0.15) is 11.4 Å². The molecule has 0 saturated heterocycles. The Morgan fingerprint density at radius 1 is 1.30 bits per heavy atom. The Kier molecular flexibility index (Phi) is 3.68. The van der Waals surface area contributed by atoms with E-state index in [1.54, 1.807) is 4.68 Å². The summed E-state index contributed by atoms with van der Waals surface area (Å²) in [6.07, 6.45) is 4.76. The van der Waals surface area contributed by atoms with Crippen LogP contribution in [0.3, 0.4) is 0 Å². The molecule has 4 nitrogen and oxygen atoms in total. The number of fused-ring (bicyclic) bond motifs is 1. The molecule has 0 fully saturated rings. The minimum atomic E-state index is 0.373. The lowest BCUT2D eigenvalue weighted by molar-refractivity contribution is 0.687. The highest BCUT2D eigenvalue weighted by Crippen LogP contribution is 2.25. The number of rotatable bonds is 4. The van der Waals surface area contributed by atoms with E-state index in [1.165, 1.54) is 5.56 Å². The second-order valence-electron chi connectivity index (χ2n) is 4.69. The molecule has 0 amide bonds. The molecule has 0 aliphatic rings. The van der Waals surface area contributed by atoms with Crippen LogP contribution in [0.5, 0.6) is 0 Å². The molecule has 104 valence electrons. The Hall–Kier alpha value is -1.52. The van der Waals surface area contributed by atoms with Gasteiger partial charge < -0.3 is 4.57 Å². The van der Waals surface area contributed by atoms with E-state index >= 15 is 0 Å². The number of benzene rings is 1. The fraction of sp³-hybridized carbons (Fsp3) is 0.286. The van der Waals surface area contributed by atoms with Crippen molar-refractivity contribution in [2.24, 2.45) is 7.05 Å². The molecule has 2 aromatic heterocycles. The highest BCUT2D eigenvalue weighted by molar-refractivity contribution is 6.35. The predicted octanol–water partition coefficient (Wildman–Crippen LogP) is 3.40. The van der Waals surface area contributed by atoms with Crippen molar-refractivity contribution >= 4 is 34.2 Å². The van der Waals surface area contributed by atoms with Gasteiger partial charge in [-0.15, -0.1) is 11.6 Å². The second-order valence-corrected chi connectivity index (χ2v) is 5.37. The molecular formula is C14H14Cl2N4. The van der Waals surface area contributed by atoms with E-state index in [2.05, 4.69) is 14.6 Å². The quantitative estimate of drug-likeness (QED) is 0.692. The fourth-order valence-corrected chi connectivity index (χ4v) is 2.85. The highest BCUT2D eigenvalue weighted by atomic mass is 35.5. The first-order valence-electron chi connectivity index (χ1n) is 6.36. The van der Waals surface area contributed by atoms with Crippen molar-refractivity contribution in [2.75, 3.05) is 0 Å². The van der Waals surface area contributed by atoms with Gasteiger partial charge in [-0.25, -0.2) is 4.98 Å². The number of hydrogen-bond donors (Lipinski definition) is 0. The van der Waals surface area contributed by atoms with Crippen LogP contribution in [-0.2, 0) is 25.9 Å². The molecule has 20 heavy (non-hydrogen) atoms. The first-order valence-corrected chi connectivity index (χ1v) is 7.27. The van der Waals surface area contributed by atoms with Crippen molar-refractivity contribution in [3.63, 3.8) is 0 Å². The van der Waals surface area contributed by atoms with Crippen molar-refractivity contribution in [3.8, 4) is 0 Å². The number of halogens is 2. The molecule has 0 radical (unpaired) electrons. The zero-order valence-electron chi connectivity index (χ0n) is 11.1. The summed E-state index contributed by atoms with van der Waals surface area (Å²) in [5.74, 6) is 1.22. The SMILES string of the molecule is Cn1cc(CCn2c(CCl)nc3cccc(Cl)c32)cn1. The summed E-state index contributed by atoms with van der Waals surface area (Å²) >= 11 is 12.3. The van der Waals surface area contributed by atoms with E-state index in [9.17, 15) is 0 Å². The normalized spacial score (nSPS) is 11.3. The third kappa shape index (κ3) is 2.41. The van der Waals surface area contributed by atoms with Crippen LogP contribution in [0.2, 0.25) is 5.02 Å². The van der Waals surface area contributed by atoms with Gasteiger partial charge in [-0.3, -0.25) is 4.68 Å². The predicted molar refractivity (Wildman–Crippen MR) is 81.2 cm³/mol. The number of hydrogen-bond acceptors (Lipinski definition) is 2. The van der Waals surface area contributed by atoms with Gasteiger partial charge in [0, 0.05) is 19.8 Å². The lowest BCUT2D eigenvalue weighted by Crippen LogP contribution is -2.05. The first kappa shape index (κ1) is 13.5. The number of nitrogens with zero attached hydrogens (tertiary/aromatic N) is 4. The molecular weight excluding hydrogens is 295 g/mol. The van der Waals surface area contributed by atoms with Gasteiger partial charge in [0.05, 0.1) is 28.1 Å². The standard InChI is InChI=1S/C14H14Cl2N4/c1-19-9-10(8-17-19)5-6-20-13(7-15)18-12-4-2-3-11(16)14(12)20/h2-4,8-9H,5-7H2,1H3. The number of aryl methyl sites for hydroxylation is 3. The van der Waals surface area contributed by atoms with Gasteiger partial charge in [-0.05, 0) is 24.1 Å². The molecule has 0 saturated carbocycles. The molecule has 0 unspecified atom stereocenters. The van der Waals surface area contributed by atoms with Gasteiger partial charge in [0.1, 0.15) is 5.82 Å². The van der Waals surface area contributed by atoms with Gasteiger partial charge in [-0.1, -0.05) is 17.7 Å². The maximum Gasteiger partial charge on any atom is 0.124 e.